The number of anilines is 2. The Bertz CT molecular complexity index is 870. The predicted molar refractivity (Wildman–Crippen MR) is 124 cm³/mol. The predicted octanol–water partition coefficient (Wildman–Crippen LogP) is 2.90. The minimum Gasteiger partial charge on any atom is -0.494 e. The van der Waals surface area contributed by atoms with Crippen LogP contribution in [0.2, 0.25) is 0 Å². The summed E-state index contributed by atoms with van der Waals surface area (Å²) in [5.41, 5.74) is 3.79. The van der Waals surface area contributed by atoms with Crippen LogP contribution in [0.4, 0.5) is 11.4 Å². The zero-order chi connectivity index (χ0) is 22.2. The van der Waals surface area contributed by atoms with E-state index < -0.39 is 0 Å². The van der Waals surface area contributed by atoms with Crippen LogP contribution in [0.25, 0.3) is 0 Å². The molecular formula is C24H32N4O3. The van der Waals surface area contributed by atoms with E-state index in [-0.39, 0.29) is 11.8 Å². The molecule has 1 heterocycles. The van der Waals surface area contributed by atoms with E-state index in [1.165, 1.54) is 0 Å². The van der Waals surface area contributed by atoms with Crippen molar-refractivity contribution in [2.24, 2.45) is 0 Å². The number of hydrogen-bond donors (Lipinski definition) is 2. The Morgan fingerprint density at radius 1 is 0.839 bits per heavy atom. The maximum absolute atomic E-state index is 12.5. The first kappa shape index (κ1) is 22.8. The second-order valence-corrected chi connectivity index (χ2v) is 7.87. The summed E-state index contributed by atoms with van der Waals surface area (Å²) in [5.74, 6) is 0.753. The standard InChI is InChI=1S/C24H32N4O3/c1-4-31-21-10-8-20(9-11-21)25-22(29)16-27-12-14-28(15-13-27)17-23(30)26-24-18(2)6-5-7-19(24)3/h5-11H,4,12-17H2,1-3H3,(H,25,29)(H,26,30). The van der Waals surface area contributed by atoms with E-state index in [1.807, 2.05) is 63.2 Å². The lowest BCUT2D eigenvalue weighted by Gasteiger charge is -2.33. The highest BCUT2D eigenvalue weighted by Crippen LogP contribution is 2.19. The number of hydrogen-bond acceptors (Lipinski definition) is 5. The number of ether oxygens (including phenoxy) is 1. The van der Waals surface area contributed by atoms with E-state index in [0.717, 1.165) is 54.4 Å². The van der Waals surface area contributed by atoms with Crippen molar-refractivity contribution in [2.75, 3.05) is 56.5 Å². The molecule has 31 heavy (non-hydrogen) atoms. The number of aryl methyl sites for hydroxylation is 2. The number of piperazine rings is 1. The van der Waals surface area contributed by atoms with Crippen LogP contribution in [-0.2, 0) is 9.59 Å². The first-order valence-corrected chi connectivity index (χ1v) is 10.8. The van der Waals surface area contributed by atoms with Crippen LogP contribution < -0.4 is 15.4 Å². The molecule has 0 saturated carbocycles. The summed E-state index contributed by atoms with van der Waals surface area (Å²) in [4.78, 5) is 29.1. The summed E-state index contributed by atoms with van der Waals surface area (Å²) in [6.07, 6.45) is 0. The van der Waals surface area contributed by atoms with Gasteiger partial charge in [-0.1, -0.05) is 18.2 Å². The smallest absolute Gasteiger partial charge is 0.238 e. The van der Waals surface area contributed by atoms with E-state index in [2.05, 4.69) is 20.4 Å². The molecule has 2 aromatic carbocycles. The number of nitrogens with zero attached hydrogens (tertiary/aromatic N) is 2. The van der Waals surface area contributed by atoms with E-state index in [0.29, 0.717) is 19.7 Å². The fourth-order valence-corrected chi connectivity index (χ4v) is 3.70. The molecule has 0 atom stereocenters. The number of para-hydroxylation sites is 1. The van der Waals surface area contributed by atoms with Crippen molar-refractivity contribution in [1.29, 1.82) is 0 Å². The molecule has 2 amide bonds. The monoisotopic (exact) mass is 424 g/mol. The van der Waals surface area contributed by atoms with Gasteiger partial charge in [0.25, 0.3) is 0 Å². The second-order valence-electron chi connectivity index (χ2n) is 7.87. The van der Waals surface area contributed by atoms with Gasteiger partial charge >= 0.3 is 0 Å². The Morgan fingerprint density at radius 2 is 1.35 bits per heavy atom. The van der Waals surface area contributed by atoms with Gasteiger partial charge in [0.2, 0.25) is 11.8 Å². The van der Waals surface area contributed by atoms with Gasteiger partial charge in [0, 0.05) is 37.6 Å². The van der Waals surface area contributed by atoms with E-state index in [9.17, 15) is 9.59 Å². The number of carbonyl (C=O) groups is 2. The highest BCUT2D eigenvalue weighted by atomic mass is 16.5. The molecule has 0 unspecified atom stereocenters. The fourth-order valence-electron chi connectivity index (χ4n) is 3.70. The minimum atomic E-state index is -0.0367. The third kappa shape index (κ3) is 6.80. The number of benzene rings is 2. The molecular weight excluding hydrogens is 392 g/mol. The van der Waals surface area contributed by atoms with Crippen LogP contribution in [-0.4, -0.2) is 67.5 Å². The summed E-state index contributed by atoms with van der Waals surface area (Å²) < 4.78 is 5.42. The lowest BCUT2D eigenvalue weighted by atomic mass is 10.1. The molecule has 0 radical (unpaired) electrons. The minimum absolute atomic E-state index is 0.000840. The molecule has 0 aliphatic carbocycles. The Balaban J connectivity index is 1.40. The topological polar surface area (TPSA) is 73.9 Å². The molecule has 7 nitrogen and oxygen atoms in total. The van der Waals surface area contributed by atoms with Gasteiger partial charge in [-0.05, 0) is 56.2 Å². The third-order valence-electron chi connectivity index (χ3n) is 5.39. The maximum atomic E-state index is 12.5. The van der Waals surface area contributed by atoms with Crippen LogP contribution >= 0.6 is 0 Å². The Morgan fingerprint density at radius 3 is 1.87 bits per heavy atom. The first-order valence-electron chi connectivity index (χ1n) is 10.8. The van der Waals surface area contributed by atoms with Gasteiger partial charge in [0.05, 0.1) is 19.7 Å². The Hall–Kier alpha value is -2.90. The van der Waals surface area contributed by atoms with E-state index >= 15 is 0 Å². The van der Waals surface area contributed by atoms with E-state index in [1.54, 1.807) is 0 Å². The van der Waals surface area contributed by atoms with Crippen molar-refractivity contribution in [3.05, 3.63) is 53.6 Å². The van der Waals surface area contributed by atoms with Crippen LogP contribution in [0.15, 0.2) is 42.5 Å². The van der Waals surface area contributed by atoms with Crippen LogP contribution in [0.5, 0.6) is 5.75 Å². The quantitative estimate of drug-likeness (QED) is 0.682. The van der Waals surface area contributed by atoms with Crippen molar-refractivity contribution in [3.63, 3.8) is 0 Å². The molecule has 7 heteroatoms. The highest BCUT2D eigenvalue weighted by molar-refractivity contribution is 5.94. The van der Waals surface area contributed by atoms with Crippen molar-refractivity contribution >= 4 is 23.2 Å². The van der Waals surface area contributed by atoms with Crippen molar-refractivity contribution < 1.29 is 14.3 Å². The average molecular weight is 425 g/mol. The largest absolute Gasteiger partial charge is 0.494 e. The lowest BCUT2D eigenvalue weighted by molar-refractivity contribution is -0.120. The molecule has 166 valence electrons. The zero-order valence-corrected chi connectivity index (χ0v) is 18.6. The van der Waals surface area contributed by atoms with Crippen LogP contribution in [0, 0.1) is 13.8 Å². The van der Waals surface area contributed by atoms with Crippen LogP contribution in [0.1, 0.15) is 18.1 Å². The molecule has 3 rings (SSSR count). The summed E-state index contributed by atoms with van der Waals surface area (Å²) in [7, 11) is 0. The molecule has 0 aromatic heterocycles. The number of carbonyl (C=O) groups excluding carboxylic acids is 2. The normalized spacial score (nSPS) is 14.8. The fraction of sp³-hybridized carbons (Fsp3) is 0.417. The summed E-state index contributed by atoms with van der Waals surface area (Å²) in [6.45, 7) is 10.3. The molecule has 1 fully saturated rings. The maximum Gasteiger partial charge on any atom is 0.238 e. The van der Waals surface area contributed by atoms with Crippen molar-refractivity contribution in [2.45, 2.75) is 20.8 Å². The van der Waals surface area contributed by atoms with Gasteiger partial charge in [0.15, 0.2) is 0 Å². The average Bonchev–Trinajstić information content (AvgIpc) is 2.74. The van der Waals surface area contributed by atoms with Gasteiger partial charge in [-0.15, -0.1) is 0 Å². The molecule has 1 saturated heterocycles. The summed E-state index contributed by atoms with van der Waals surface area (Å²) in [6, 6.07) is 13.4. The second kappa shape index (κ2) is 10.9. The Labute approximate surface area is 184 Å². The molecule has 1 aliphatic heterocycles. The summed E-state index contributed by atoms with van der Waals surface area (Å²) in [5, 5.41) is 5.97. The first-order chi connectivity index (χ1) is 14.9. The molecule has 2 N–H and O–H groups in total. The lowest BCUT2D eigenvalue weighted by Crippen LogP contribution is -2.50. The van der Waals surface area contributed by atoms with E-state index in [4.69, 9.17) is 4.74 Å². The van der Waals surface area contributed by atoms with Crippen LogP contribution in [0.3, 0.4) is 0 Å². The molecule has 1 aliphatic rings. The number of rotatable bonds is 8. The number of amides is 2. The third-order valence-corrected chi connectivity index (χ3v) is 5.39. The molecule has 2 aromatic rings. The van der Waals surface area contributed by atoms with Gasteiger partial charge in [0.1, 0.15) is 5.75 Å². The molecule has 0 bridgehead atoms. The SMILES string of the molecule is CCOc1ccc(NC(=O)CN2CCN(CC(=O)Nc3c(C)cccc3C)CC2)cc1. The van der Waals surface area contributed by atoms with Gasteiger partial charge in [-0.25, -0.2) is 0 Å². The van der Waals surface area contributed by atoms with Gasteiger partial charge in [-0.3, -0.25) is 19.4 Å². The zero-order valence-electron chi connectivity index (χ0n) is 18.6. The highest BCUT2D eigenvalue weighted by Gasteiger charge is 2.21. The Kier molecular flexibility index (Phi) is 8.03. The number of nitrogens with one attached hydrogen (secondary N) is 2. The van der Waals surface area contributed by atoms with Gasteiger partial charge in [-0.2, -0.15) is 0 Å². The summed E-state index contributed by atoms with van der Waals surface area (Å²) >= 11 is 0. The van der Waals surface area contributed by atoms with Crippen molar-refractivity contribution in [1.82, 2.24) is 9.80 Å². The van der Waals surface area contributed by atoms with Gasteiger partial charge < -0.3 is 15.4 Å². The van der Waals surface area contributed by atoms with Crippen molar-refractivity contribution in [3.8, 4) is 5.75 Å². The molecule has 0 spiro atoms.